The first-order valence-corrected chi connectivity index (χ1v) is 18.7. The van der Waals surface area contributed by atoms with Gasteiger partial charge in [-0.2, -0.15) is 0 Å². The summed E-state index contributed by atoms with van der Waals surface area (Å²) in [5.74, 6) is 1.89. The van der Waals surface area contributed by atoms with Crippen molar-refractivity contribution in [1.82, 2.24) is 9.80 Å². The van der Waals surface area contributed by atoms with E-state index in [0.717, 1.165) is 72.3 Å². The Hall–Kier alpha value is -4.28. The second-order valence-corrected chi connectivity index (χ2v) is 13.1. The molecule has 8 heteroatoms. The number of rotatable bonds is 8. The topological polar surface area (TPSA) is 61.9 Å². The number of benzene rings is 6. The van der Waals surface area contributed by atoms with Crippen molar-refractivity contribution in [2.24, 2.45) is 0 Å². The Morgan fingerprint density at radius 1 is 0.385 bits per heavy atom. The van der Waals surface area contributed by atoms with Crippen LogP contribution in [0.25, 0.3) is 43.1 Å². The smallest absolute Gasteiger partial charge is 0.135 e. The van der Waals surface area contributed by atoms with Crippen LogP contribution < -0.4 is 9.47 Å². The molecule has 0 amide bonds. The van der Waals surface area contributed by atoms with Crippen molar-refractivity contribution in [1.29, 1.82) is 0 Å². The van der Waals surface area contributed by atoms with E-state index in [1.807, 2.05) is 0 Å². The summed E-state index contributed by atoms with van der Waals surface area (Å²) in [7, 11) is 0. The molecule has 6 aromatic rings. The highest BCUT2D eigenvalue weighted by Gasteiger charge is 2.13. The summed E-state index contributed by atoms with van der Waals surface area (Å²) in [6.07, 6.45) is 0. The first-order chi connectivity index (χ1) is 25.8. The molecule has 7 rings (SSSR count). The van der Waals surface area contributed by atoms with E-state index in [9.17, 15) is 0 Å². The number of ether oxygens (including phenoxy) is 6. The highest BCUT2D eigenvalue weighted by atomic mass is 16.5. The number of nitrogens with zero attached hydrogens (tertiary/aromatic N) is 2. The summed E-state index contributed by atoms with van der Waals surface area (Å²) in [6, 6.07) is 38.2. The fourth-order valence-corrected chi connectivity index (χ4v) is 6.90. The minimum atomic E-state index is 0.559. The molecule has 52 heavy (non-hydrogen) atoms. The minimum Gasteiger partial charge on any atom is -0.491 e. The molecule has 1 aliphatic heterocycles. The van der Waals surface area contributed by atoms with Crippen LogP contribution in [0.15, 0.2) is 109 Å². The van der Waals surface area contributed by atoms with Gasteiger partial charge in [-0.3, -0.25) is 9.80 Å². The predicted octanol–water partition coefficient (Wildman–Crippen LogP) is 7.44. The Bertz CT molecular complexity index is 1750. The molecular formula is C44H50N2O6. The molecule has 272 valence electrons. The normalized spacial score (nSPS) is 16.9. The van der Waals surface area contributed by atoms with Crippen LogP contribution in [0.2, 0.25) is 0 Å². The fourth-order valence-electron chi connectivity index (χ4n) is 6.90. The third-order valence-electron chi connectivity index (χ3n) is 9.70. The molecular weight excluding hydrogens is 652 g/mol. The van der Waals surface area contributed by atoms with E-state index in [4.69, 9.17) is 28.4 Å². The van der Waals surface area contributed by atoms with Crippen molar-refractivity contribution in [3.8, 4) is 11.5 Å². The molecule has 0 aromatic heterocycles. The molecule has 0 saturated carbocycles. The van der Waals surface area contributed by atoms with Gasteiger partial charge in [-0.05, 0) is 33.7 Å². The third kappa shape index (κ3) is 9.58. The van der Waals surface area contributed by atoms with Crippen LogP contribution >= 0.6 is 0 Å². The van der Waals surface area contributed by atoms with Gasteiger partial charge in [0.1, 0.15) is 24.7 Å². The Balaban J connectivity index is 0.882. The molecule has 8 nitrogen and oxygen atoms in total. The molecule has 1 saturated heterocycles. The summed E-state index contributed by atoms with van der Waals surface area (Å²) in [4.78, 5) is 4.69. The molecule has 0 aliphatic carbocycles. The predicted molar refractivity (Wildman–Crippen MR) is 210 cm³/mol. The van der Waals surface area contributed by atoms with Crippen molar-refractivity contribution < 1.29 is 28.4 Å². The summed E-state index contributed by atoms with van der Waals surface area (Å²) in [6.45, 7) is 10.6. The molecule has 1 fully saturated rings. The molecule has 0 unspecified atom stereocenters. The zero-order valence-corrected chi connectivity index (χ0v) is 30.0. The summed E-state index contributed by atoms with van der Waals surface area (Å²) >= 11 is 0. The molecule has 0 spiro atoms. The van der Waals surface area contributed by atoms with Gasteiger partial charge < -0.3 is 28.4 Å². The van der Waals surface area contributed by atoms with E-state index < -0.39 is 0 Å². The van der Waals surface area contributed by atoms with E-state index in [0.29, 0.717) is 66.1 Å². The zero-order valence-electron chi connectivity index (χ0n) is 30.0. The lowest BCUT2D eigenvalue weighted by molar-refractivity contribution is 0.00579. The van der Waals surface area contributed by atoms with Gasteiger partial charge in [-0.25, -0.2) is 0 Å². The van der Waals surface area contributed by atoms with E-state index >= 15 is 0 Å². The van der Waals surface area contributed by atoms with Gasteiger partial charge in [0.15, 0.2) is 0 Å². The SMILES string of the molecule is c1ccc2c(OCCN3CCOCCOCCN(CCOc4c5ccccc5cc5ccccc45)CCOCCOCC3)c3ccccc3cc2c1. The quantitative estimate of drug-likeness (QED) is 0.152. The lowest BCUT2D eigenvalue weighted by atomic mass is 10.0. The van der Waals surface area contributed by atoms with Gasteiger partial charge >= 0.3 is 0 Å². The highest BCUT2D eigenvalue weighted by Crippen LogP contribution is 2.36. The van der Waals surface area contributed by atoms with Crippen molar-refractivity contribution in [2.45, 2.75) is 0 Å². The zero-order chi connectivity index (χ0) is 35.2. The van der Waals surface area contributed by atoms with Crippen LogP contribution in [0.4, 0.5) is 0 Å². The lowest BCUT2D eigenvalue weighted by Crippen LogP contribution is -2.36. The minimum absolute atomic E-state index is 0.559. The average molecular weight is 703 g/mol. The van der Waals surface area contributed by atoms with Gasteiger partial charge in [-0.1, -0.05) is 97.1 Å². The van der Waals surface area contributed by atoms with Crippen molar-refractivity contribution in [2.75, 3.05) is 105 Å². The van der Waals surface area contributed by atoms with E-state index in [2.05, 4.69) is 119 Å². The molecule has 0 atom stereocenters. The Labute approximate surface area is 306 Å². The molecule has 1 heterocycles. The van der Waals surface area contributed by atoms with Crippen LogP contribution in [0.3, 0.4) is 0 Å². The standard InChI is InChI=1S/C44H50N2O6/c1-5-13-39-35(9-1)33-36-10-2-6-14-40(36)43(39)51-27-21-45-17-23-47-29-31-49-25-19-46(20-26-50-32-30-48-24-18-45)22-28-52-44-41-15-7-3-11-37(41)34-38-12-4-8-16-42(38)44/h1-16,33-34H,17-32H2. The van der Waals surface area contributed by atoms with Crippen LogP contribution in [-0.2, 0) is 18.9 Å². The fraction of sp³-hybridized carbons (Fsp3) is 0.364. The Morgan fingerprint density at radius 3 is 0.981 bits per heavy atom. The second kappa shape index (κ2) is 19.0. The molecule has 0 N–H and O–H groups in total. The third-order valence-corrected chi connectivity index (χ3v) is 9.70. The van der Waals surface area contributed by atoms with E-state index in [1.54, 1.807) is 0 Å². The van der Waals surface area contributed by atoms with Crippen LogP contribution in [0, 0.1) is 0 Å². The average Bonchev–Trinajstić information content (AvgIpc) is 3.18. The number of hydrogen-bond acceptors (Lipinski definition) is 8. The number of fused-ring (bicyclic) bond motifs is 4. The maximum Gasteiger partial charge on any atom is 0.135 e. The summed E-state index contributed by atoms with van der Waals surface area (Å²) in [5.41, 5.74) is 0. The maximum absolute atomic E-state index is 6.52. The van der Waals surface area contributed by atoms with Gasteiger partial charge in [-0.15, -0.1) is 0 Å². The first-order valence-electron chi connectivity index (χ1n) is 18.7. The van der Waals surface area contributed by atoms with Gasteiger partial charge in [0.05, 0.1) is 52.9 Å². The summed E-state index contributed by atoms with van der Waals surface area (Å²) in [5, 5.41) is 9.30. The highest BCUT2D eigenvalue weighted by molar-refractivity contribution is 6.06. The molecule has 0 bridgehead atoms. The summed E-state index contributed by atoms with van der Waals surface area (Å²) < 4.78 is 37.0. The van der Waals surface area contributed by atoms with Gasteiger partial charge in [0, 0.05) is 60.8 Å². The Morgan fingerprint density at radius 2 is 0.673 bits per heavy atom. The van der Waals surface area contributed by atoms with Crippen LogP contribution in [-0.4, -0.2) is 115 Å². The number of hydrogen-bond donors (Lipinski definition) is 0. The molecule has 0 radical (unpaired) electrons. The van der Waals surface area contributed by atoms with Crippen molar-refractivity contribution in [3.05, 3.63) is 109 Å². The van der Waals surface area contributed by atoms with E-state index in [-0.39, 0.29) is 0 Å². The molecule has 1 aliphatic rings. The second-order valence-electron chi connectivity index (χ2n) is 13.1. The van der Waals surface area contributed by atoms with Crippen molar-refractivity contribution >= 4 is 43.1 Å². The van der Waals surface area contributed by atoms with Gasteiger partial charge in [0.25, 0.3) is 0 Å². The Kier molecular flexibility index (Phi) is 13.2. The van der Waals surface area contributed by atoms with E-state index in [1.165, 1.54) is 21.5 Å². The van der Waals surface area contributed by atoms with Crippen LogP contribution in [0.1, 0.15) is 0 Å². The van der Waals surface area contributed by atoms with Crippen LogP contribution in [0.5, 0.6) is 11.5 Å². The monoisotopic (exact) mass is 702 g/mol. The maximum atomic E-state index is 6.52. The van der Waals surface area contributed by atoms with Gasteiger partial charge in [0.2, 0.25) is 0 Å². The molecule has 6 aromatic carbocycles. The lowest BCUT2D eigenvalue weighted by Gasteiger charge is -2.24. The largest absolute Gasteiger partial charge is 0.491 e. The first kappa shape index (κ1) is 36.1. The van der Waals surface area contributed by atoms with Crippen molar-refractivity contribution in [3.63, 3.8) is 0 Å².